The first-order valence-electron chi connectivity index (χ1n) is 6.04. The topological polar surface area (TPSA) is 53.7 Å². The van der Waals surface area contributed by atoms with Crippen LogP contribution in [0.1, 0.15) is 32.8 Å². The Labute approximate surface area is 108 Å². The van der Waals surface area contributed by atoms with Crippen LogP contribution in [0.3, 0.4) is 0 Å². The molecule has 0 spiro atoms. The Morgan fingerprint density at radius 3 is 2.39 bits per heavy atom. The van der Waals surface area contributed by atoms with Gasteiger partial charge >= 0.3 is 0 Å². The van der Waals surface area contributed by atoms with Gasteiger partial charge in [0.15, 0.2) is 11.5 Å². The summed E-state index contributed by atoms with van der Waals surface area (Å²) >= 11 is 0. The quantitative estimate of drug-likeness (QED) is 0.877. The Kier molecular flexibility index (Phi) is 2.93. The molecule has 2 N–H and O–H groups in total. The lowest BCUT2D eigenvalue weighted by Crippen LogP contribution is -2.47. The molecular weight excluding hydrogens is 230 g/mol. The van der Waals surface area contributed by atoms with Gasteiger partial charge in [0.2, 0.25) is 5.75 Å². The van der Waals surface area contributed by atoms with Crippen LogP contribution in [-0.4, -0.2) is 19.8 Å². The molecule has 1 aliphatic heterocycles. The number of fused-ring (bicyclic) bond motifs is 1. The summed E-state index contributed by atoms with van der Waals surface area (Å²) in [5, 5.41) is 0. The lowest BCUT2D eigenvalue weighted by Gasteiger charge is -2.42. The molecule has 1 unspecified atom stereocenters. The molecule has 0 bridgehead atoms. The molecule has 0 amide bonds. The van der Waals surface area contributed by atoms with Crippen LogP contribution in [0.4, 0.5) is 0 Å². The highest BCUT2D eigenvalue weighted by molar-refractivity contribution is 5.58. The Hall–Kier alpha value is -1.42. The van der Waals surface area contributed by atoms with Gasteiger partial charge in [-0.05, 0) is 32.9 Å². The van der Waals surface area contributed by atoms with Crippen LogP contribution in [0.25, 0.3) is 0 Å². The summed E-state index contributed by atoms with van der Waals surface area (Å²) in [6.07, 6.45) is 0.752. The third-order valence-corrected chi connectivity index (χ3v) is 3.29. The summed E-state index contributed by atoms with van der Waals surface area (Å²) in [6.45, 7) is 6.07. The van der Waals surface area contributed by atoms with E-state index in [-0.39, 0.29) is 5.60 Å². The second-order valence-corrected chi connectivity index (χ2v) is 5.63. The van der Waals surface area contributed by atoms with Gasteiger partial charge in [0.25, 0.3) is 0 Å². The van der Waals surface area contributed by atoms with Crippen LogP contribution in [0.5, 0.6) is 17.2 Å². The molecule has 4 nitrogen and oxygen atoms in total. The summed E-state index contributed by atoms with van der Waals surface area (Å²) in [6, 6.07) is 3.82. The van der Waals surface area contributed by atoms with Gasteiger partial charge in [-0.3, -0.25) is 0 Å². The van der Waals surface area contributed by atoms with Crippen molar-refractivity contribution in [3.8, 4) is 17.2 Å². The van der Waals surface area contributed by atoms with Crippen molar-refractivity contribution < 1.29 is 14.2 Å². The highest BCUT2D eigenvalue weighted by Gasteiger charge is 2.41. The number of nitrogens with two attached hydrogens (primary N) is 1. The standard InChI is InChI=1S/C14H21NO3/c1-13(2)8-14(3,15)9-6-7-10(16-4)12(17-5)11(9)18-13/h6-7H,8,15H2,1-5H3. The van der Waals surface area contributed by atoms with E-state index in [0.717, 1.165) is 12.0 Å². The number of ether oxygens (including phenoxy) is 3. The molecule has 1 atom stereocenters. The molecule has 18 heavy (non-hydrogen) atoms. The van der Waals surface area contributed by atoms with Gasteiger partial charge in [-0.1, -0.05) is 0 Å². The van der Waals surface area contributed by atoms with Crippen LogP contribution in [0, 0.1) is 0 Å². The fourth-order valence-electron chi connectivity index (χ4n) is 2.74. The van der Waals surface area contributed by atoms with Crippen LogP contribution in [-0.2, 0) is 5.54 Å². The highest BCUT2D eigenvalue weighted by Crippen LogP contribution is 2.49. The van der Waals surface area contributed by atoms with Crippen molar-refractivity contribution in [1.82, 2.24) is 0 Å². The minimum Gasteiger partial charge on any atom is -0.493 e. The predicted molar refractivity (Wildman–Crippen MR) is 70.4 cm³/mol. The maximum atomic E-state index is 6.40. The van der Waals surface area contributed by atoms with Crippen LogP contribution in [0.2, 0.25) is 0 Å². The fourth-order valence-corrected chi connectivity index (χ4v) is 2.74. The summed E-state index contributed by atoms with van der Waals surface area (Å²) in [5.41, 5.74) is 6.60. The molecule has 1 aromatic rings. The molecule has 0 radical (unpaired) electrons. The van der Waals surface area contributed by atoms with Crippen LogP contribution in [0.15, 0.2) is 12.1 Å². The molecule has 0 fully saturated rings. The average Bonchev–Trinajstić information content (AvgIpc) is 2.24. The van der Waals surface area contributed by atoms with E-state index in [4.69, 9.17) is 19.9 Å². The second-order valence-electron chi connectivity index (χ2n) is 5.63. The van der Waals surface area contributed by atoms with E-state index >= 15 is 0 Å². The van der Waals surface area contributed by atoms with E-state index in [1.807, 2.05) is 32.9 Å². The molecule has 1 heterocycles. The van der Waals surface area contributed by atoms with E-state index in [1.165, 1.54) is 0 Å². The zero-order chi connectivity index (χ0) is 13.6. The van der Waals surface area contributed by atoms with Crippen molar-refractivity contribution in [2.75, 3.05) is 14.2 Å². The van der Waals surface area contributed by atoms with Crippen molar-refractivity contribution in [1.29, 1.82) is 0 Å². The minimum atomic E-state index is -0.434. The first-order chi connectivity index (χ1) is 8.30. The normalized spacial score (nSPS) is 25.0. The largest absolute Gasteiger partial charge is 0.493 e. The lowest BCUT2D eigenvalue weighted by atomic mass is 9.79. The van der Waals surface area contributed by atoms with Crippen LogP contribution >= 0.6 is 0 Å². The molecule has 100 valence electrons. The second kappa shape index (κ2) is 4.05. The van der Waals surface area contributed by atoms with Crippen molar-refractivity contribution in [2.24, 2.45) is 5.73 Å². The Morgan fingerprint density at radius 2 is 1.83 bits per heavy atom. The third kappa shape index (κ3) is 2.01. The maximum absolute atomic E-state index is 6.40. The van der Waals surface area contributed by atoms with Gasteiger partial charge in [-0.2, -0.15) is 0 Å². The summed E-state index contributed by atoms with van der Waals surface area (Å²) in [7, 11) is 3.22. The summed E-state index contributed by atoms with van der Waals surface area (Å²) in [5.74, 6) is 1.96. The van der Waals surface area contributed by atoms with Crippen molar-refractivity contribution in [2.45, 2.75) is 38.3 Å². The fraction of sp³-hybridized carbons (Fsp3) is 0.571. The van der Waals surface area contributed by atoms with Crippen molar-refractivity contribution in [3.05, 3.63) is 17.7 Å². The predicted octanol–water partition coefficient (Wildman–Crippen LogP) is 2.44. The maximum Gasteiger partial charge on any atom is 0.203 e. The van der Waals surface area contributed by atoms with Crippen molar-refractivity contribution >= 4 is 0 Å². The molecule has 1 aliphatic rings. The zero-order valence-electron chi connectivity index (χ0n) is 11.7. The molecule has 0 saturated heterocycles. The first-order valence-corrected chi connectivity index (χ1v) is 6.04. The number of rotatable bonds is 2. The molecule has 1 aromatic carbocycles. The molecule has 0 aliphatic carbocycles. The summed E-state index contributed by atoms with van der Waals surface area (Å²) < 4.78 is 16.7. The van der Waals surface area contributed by atoms with E-state index in [9.17, 15) is 0 Å². The Balaban J connectivity index is 2.65. The van der Waals surface area contributed by atoms with Gasteiger partial charge in [-0.25, -0.2) is 0 Å². The number of hydrogen-bond acceptors (Lipinski definition) is 4. The van der Waals surface area contributed by atoms with Crippen LogP contribution < -0.4 is 19.9 Å². The monoisotopic (exact) mass is 251 g/mol. The molecule has 0 saturated carbocycles. The van der Waals surface area contributed by atoms with Gasteiger partial charge in [0.05, 0.1) is 14.2 Å². The minimum absolute atomic E-state index is 0.323. The molecule has 2 rings (SSSR count). The van der Waals surface area contributed by atoms with Gasteiger partial charge < -0.3 is 19.9 Å². The van der Waals surface area contributed by atoms with E-state index in [1.54, 1.807) is 14.2 Å². The number of methoxy groups -OCH3 is 2. The van der Waals surface area contributed by atoms with E-state index in [0.29, 0.717) is 17.2 Å². The van der Waals surface area contributed by atoms with E-state index < -0.39 is 5.54 Å². The Morgan fingerprint density at radius 1 is 1.17 bits per heavy atom. The van der Waals surface area contributed by atoms with Crippen molar-refractivity contribution in [3.63, 3.8) is 0 Å². The SMILES string of the molecule is COc1ccc2c(c1OC)OC(C)(C)CC2(C)N. The highest BCUT2D eigenvalue weighted by atomic mass is 16.5. The number of benzene rings is 1. The van der Waals surface area contributed by atoms with Gasteiger partial charge in [0, 0.05) is 17.5 Å². The zero-order valence-corrected chi connectivity index (χ0v) is 11.7. The number of hydrogen-bond donors (Lipinski definition) is 1. The van der Waals surface area contributed by atoms with E-state index in [2.05, 4.69) is 0 Å². The molecule has 4 heteroatoms. The average molecular weight is 251 g/mol. The lowest BCUT2D eigenvalue weighted by molar-refractivity contribution is 0.0463. The third-order valence-electron chi connectivity index (χ3n) is 3.29. The molecule has 0 aromatic heterocycles. The van der Waals surface area contributed by atoms with Gasteiger partial charge in [-0.15, -0.1) is 0 Å². The van der Waals surface area contributed by atoms with Gasteiger partial charge in [0.1, 0.15) is 5.60 Å². The smallest absolute Gasteiger partial charge is 0.203 e. The first kappa shape index (κ1) is 13.0. The molecular formula is C14H21NO3. The summed E-state index contributed by atoms with van der Waals surface area (Å²) in [4.78, 5) is 0. The Bertz CT molecular complexity index is 466.